The summed E-state index contributed by atoms with van der Waals surface area (Å²) in [6.07, 6.45) is 5.26. The number of alkyl carbamates (subject to hydrolysis) is 1. The van der Waals surface area contributed by atoms with Crippen LogP contribution in [0.1, 0.15) is 32.8 Å². The van der Waals surface area contributed by atoms with Gasteiger partial charge < -0.3 is 24.8 Å². The number of hydrogen-bond donors (Lipinski definition) is 2. The Balaban J connectivity index is 0.00000341. The molecule has 1 atom stereocenters. The number of carbonyl (C=O) groups excluding carboxylic acids is 1. The van der Waals surface area contributed by atoms with Crippen molar-refractivity contribution < 1.29 is 13.9 Å². The number of halogens is 2. The highest BCUT2D eigenvalue weighted by atomic mass is 127. The van der Waals surface area contributed by atoms with Gasteiger partial charge in [0.2, 0.25) is 0 Å². The number of hydrogen-bond acceptors (Lipinski definition) is 4. The maximum Gasteiger partial charge on any atom is 0.407 e. The number of rotatable bonds is 4. The zero-order chi connectivity index (χ0) is 21.7. The number of imidazole rings is 1. The van der Waals surface area contributed by atoms with E-state index in [1.807, 2.05) is 26.8 Å². The molecule has 2 heterocycles. The monoisotopic (exact) mass is 544 g/mol. The van der Waals surface area contributed by atoms with Crippen LogP contribution in [-0.2, 0) is 11.3 Å². The first-order valence-corrected chi connectivity index (χ1v) is 9.97. The zero-order valence-electron chi connectivity index (χ0n) is 18.3. The number of likely N-dealkylation sites (tertiary alicyclic amines) is 1. The molecule has 1 unspecified atom stereocenters. The van der Waals surface area contributed by atoms with Gasteiger partial charge in [0.25, 0.3) is 0 Å². The largest absolute Gasteiger partial charge is 0.444 e. The maximum atomic E-state index is 14.4. The number of benzene rings is 1. The van der Waals surface area contributed by atoms with Crippen molar-refractivity contribution in [2.75, 3.05) is 20.1 Å². The zero-order valence-corrected chi connectivity index (χ0v) is 20.6. The quantitative estimate of drug-likeness (QED) is 0.351. The highest BCUT2D eigenvalue weighted by Gasteiger charge is 2.27. The molecular weight excluding hydrogens is 514 g/mol. The van der Waals surface area contributed by atoms with E-state index in [1.165, 1.54) is 6.07 Å². The lowest BCUT2D eigenvalue weighted by atomic mass is 10.2. The first kappa shape index (κ1) is 24.9. The second-order valence-electron chi connectivity index (χ2n) is 8.23. The minimum Gasteiger partial charge on any atom is -0.444 e. The van der Waals surface area contributed by atoms with Gasteiger partial charge >= 0.3 is 6.09 Å². The summed E-state index contributed by atoms with van der Waals surface area (Å²) in [5, 5.41) is 6.17. The van der Waals surface area contributed by atoms with Crippen molar-refractivity contribution in [3.05, 3.63) is 48.3 Å². The molecule has 2 aromatic rings. The molecule has 1 aromatic heterocycles. The van der Waals surface area contributed by atoms with Crippen LogP contribution in [0.5, 0.6) is 0 Å². The summed E-state index contributed by atoms with van der Waals surface area (Å²) < 4.78 is 21.4. The van der Waals surface area contributed by atoms with Crippen molar-refractivity contribution in [1.29, 1.82) is 0 Å². The Morgan fingerprint density at radius 2 is 2.16 bits per heavy atom. The van der Waals surface area contributed by atoms with Crippen LogP contribution in [0, 0.1) is 5.82 Å². The number of carbonyl (C=O) groups is 1. The first-order valence-electron chi connectivity index (χ1n) is 9.97. The predicted molar refractivity (Wildman–Crippen MR) is 128 cm³/mol. The number of guanidine groups is 1. The third-order valence-electron chi connectivity index (χ3n) is 4.67. The molecule has 1 aliphatic heterocycles. The minimum atomic E-state index is -0.525. The fourth-order valence-corrected chi connectivity index (χ4v) is 3.33. The van der Waals surface area contributed by atoms with Gasteiger partial charge in [0.15, 0.2) is 5.96 Å². The fraction of sp³-hybridized carbons (Fsp3) is 0.476. The van der Waals surface area contributed by atoms with Gasteiger partial charge in [-0.15, -0.1) is 24.0 Å². The van der Waals surface area contributed by atoms with Gasteiger partial charge in [0.05, 0.1) is 18.1 Å². The van der Waals surface area contributed by atoms with E-state index in [1.54, 1.807) is 36.4 Å². The summed E-state index contributed by atoms with van der Waals surface area (Å²) >= 11 is 0. The summed E-state index contributed by atoms with van der Waals surface area (Å²) in [5.74, 6) is 0.396. The van der Waals surface area contributed by atoms with Crippen molar-refractivity contribution in [2.45, 2.75) is 45.4 Å². The predicted octanol–water partition coefficient (Wildman–Crippen LogP) is 3.30. The molecule has 0 saturated carbocycles. The van der Waals surface area contributed by atoms with E-state index >= 15 is 0 Å². The van der Waals surface area contributed by atoms with E-state index in [0.29, 0.717) is 24.7 Å². The van der Waals surface area contributed by atoms with Crippen LogP contribution in [0.4, 0.5) is 9.18 Å². The van der Waals surface area contributed by atoms with Crippen LogP contribution in [0.2, 0.25) is 0 Å². The van der Waals surface area contributed by atoms with E-state index in [0.717, 1.165) is 18.5 Å². The van der Waals surface area contributed by atoms with Gasteiger partial charge in [-0.05, 0) is 44.9 Å². The summed E-state index contributed by atoms with van der Waals surface area (Å²) in [6, 6.07) is 5.10. The van der Waals surface area contributed by atoms with Crippen molar-refractivity contribution >= 4 is 36.0 Å². The Hall–Kier alpha value is -2.37. The Morgan fingerprint density at radius 3 is 2.77 bits per heavy atom. The van der Waals surface area contributed by atoms with Crippen LogP contribution in [0.15, 0.2) is 41.9 Å². The lowest BCUT2D eigenvalue weighted by molar-refractivity contribution is 0.0507. The summed E-state index contributed by atoms with van der Waals surface area (Å²) in [7, 11) is 1.71. The molecule has 10 heteroatoms. The average molecular weight is 544 g/mol. The highest BCUT2D eigenvalue weighted by molar-refractivity contribution is 14.0. The van der Waals surface area contributed by atoms with Crippen LogP contribution in [0.3, 0.4) is 0 Å². The molecule has 0 spiro atoms. The average Bonchev–Trinajstić information content (AvgIpc) is 3.33. The highest BCUT2D eigenvalue weighted by Crippen LogP contribution is 2.16. The summed E-state index contributed by atoms with van der Waals surface area (Å²) in [4.78, 5) is 22.3. The van der Waals surface area contributed by atoms with E-state index < -0.39 is 11.7 Å². The van der Waals surface area contributed by atoms with Crippen molar-refractivity contribution in [2.24, 2.45) is 4.99 Å². The summed E-state index contributed by atoms with van der Waals surface area (Å²) in [5.41, 5.74) is 0.735. The normalized spacial score (nSPS) is 16.6. The lowest BCUT2D eigenvalue weighted by Crippen LogP contribution is -2.44. The Kier molecular flexibility index (Phi) is 8.66. The molecule has 170 valence electrons. The number of aromatic nitrogens is 2. The van der Waals surface area contributed by atoms with Gasteiger partial charge in [-0.3, -0.25) is 4.99 Å². The van der Waals surface area contributed by atoms with E-state index in [2.05, 4.69) is 25.5 Å². The molecular formula is C21H30FIN6O2. The van der Waals surface area contributed by atoms with Gasteiger partial charge in [0, 0.05) is 39.1 Å². The van der Waals surface area contributed by atoms with Gasteiger partial charge in [-0.1, -0.05) is 6.07 Å². The molecule has 1 saturated heterocycles. The fourth-order valence-electron chi connectivity index (χ4n) is 3.33. The number of nitrogens with zero attached hydrogens (tertiary/aromatic N) is 4. The molecule has 0 radical (unpaired) electrons. The molecule has 31 heavy (non-hydrogen) atoms. The second-order valence-corrected chi connectivity index (χ2v) is 8.23. The molecule has 0 aliphatic carbocycles. The van der Waals surface area contributed by atoms with Crippen LogP contribution in [-0.4, -0.2) is 58.3 Å². The Morgan fingerprint density at radius 1 is 1.39 bits per heavy atom. The molecule has 3 rings (SSSR count). The van der Waals surface area contributed by atoms with Gasteiger partial charge in [-0.25, -0.2) is 14.2 Å². The van der Waals surface area contributed by atoms with Crippen molar-refractivity contribution in [3.8, 4) is 5.69 Å². The van der Waals surface area contributed by atoms with E-state index in [4.69, 9.17) is 4.74 Å². The van der Waals surface area contributed by atoms with Gasteiger partial charge in [0.1, 0.15) is 11.4 Å². The van der Waals surface area contributed by atoms with Crippen LogP contribution >= 0.6 is 24.0 Å². The maximum absolute atomic E-state index is 14.4. The van der Waals surface area contributed by atoms with Crippen LogP contribution < -0.4 is 10.6 Å². The SMILES string of the molecule is CN=C(NCc1ccc(-n2ccnc2)c(F)c1)N1CCC(NC(=O)OC(C)(C)C)C1.I. The molecule has 1 aromatic carbocycles. The number of amides is 1. The Bertz CT molecular complexity index is 898. The van der Waals surface area contributed by atoms with E-state index in [9.17, 15) is 9.18 Å². The number of aliphatic imine (C=N–C) groups is 1. The van der Waals surface area contributed by atoms with Gasteiger partial charge in [-0.2, -0.15) is 0 Å². The lowest BCUT2D eigenvalue weighted by Gasteiger charge is -2.23. The smallest absolute Gasteiger partial charge is 0.407 e. The molecule has 1 fully saturated rings. The number of ether oxygens (including phenoxy) is 1. The second kappa shape index (κ2) is 10.8. The van der Waals surface area contributed by atoms with E-state index in [-0.39, 0.29) is 35.8 Å². The molecule has 2 N–H and O–H groups in total. The third kappa shape index (κ3) is 7.08. The minimum absolute atomic E-state index is 0. The molecule has 1 amide bonds. The number of nitrogens with one attached hydrogen (secondary N) is 2. The topological polar surface area (TPSA) is 83.8 Å². The molecule has 1 aliphatic rings. The standard InChI is InChI=1S/C21H29FN6O2.HI/c1-21(2,3)30-20(29)26-16-7-9-27(13-16)19(23-4)25-12-15-5-6-18(17(22)11-15)28-10-8-24-14-28;/h5-6,8,10-11,14,16H,7,9,12-13H2,1-4H3,(H,23,25)(H,26,29);1H. The van der Waals surface area contributed by atoms with Crippen LogP contribution in [0.25, 0.3) is 5.69 Å². The molecule has 0 bridgehead atoms. The third-order valence-corrected chi connectivity index (χ3v) is 4.67. The molecule has 8 nitrogen and oxygen atoms in total. The van der Waals surface area contributed by atoms with Crippen molar-refractivity contribution in [1.82, 2.24) is 25.1 Å². The first-order chi connectivity index (χ1) is 14.2. The Labute approximate surface area is 199 Å². The summed E-state index contributed by atoms with van der Waals surface area (Å²) in [6.45, 7) is 7.34. The van der Waals surface area contributed by atoms with Crippen molar-refractivity contribution in [3.63, 3.8) is 0 Å².